The summed E-state index contributed by atoms with van der Waals surface area (Å²) in [6.07, 6.45) is 5.00. The highest BCUT2D eigenvalue weighted by Gasteiger charge is 2.28. The van der Waals surface area contributed by atoms with E-state index in [9.17, 15) is 14.4 Å². The number of nitrogens with one attached hydrogen (secondary N) is 3. The lowest BCUT2D eigenvalue weighted by atomic mass is 10.1. The summed E-state index contributed by atoms with van der Waals surface area (Å²) in [5, 5.41) is 10.4. The maximum Gasteiger partial charge on any atom is 0.528 e. The molecule has 0 spiro atoms. The fraction of sp³-hybridized carbons (Fsp3) is 0.469. The van der Waals surface area contributed by atoms with Gasteiger partial charge in [0.1, 0.15) is 23.0 Å². The van der Waals surface area contributed by atoms with E-state index in [1.165, 1.54) is 35.0 Å². The number of ether oxygens (including phenoxy) is 2. The second kappa shape index (κ2) is 16.3. The molecule has 3 aromatic rings. The zero-order valence-corrected chi connectivity index (χ0v) is 27.8. The van der Waals surface area contributed by atoms with Crippen molar-refractivity contribution in [2.24, 2.45) is 0 Å². The van der Waals surface area contributed by atoms with Crippen molar-refractivity contribution in [1.29, 1.82) is 0 Å². The van der Waals surface area contributed by atoms with Gasteiger partial charge in [-0.05, 0) is 70.5 Å². The van der Waals surface area contributed by atoms with E-state index in [-0.39, 0.29) is 17.8 Å². The molecule has 0 aliphatic carbocycles. The van der Waals surface area contributed by atoms with Gasteiger partial charge in [0, 0.05) is 36.4 Å². The third-order valence-electron chi connectivity index (χ3n) is 7.01. The SMILES string of the molecule is CCN(CC)CCOc1cccc(-c2cc(C(=O)NC3CCCN(OC(=O)OC(C)(C)C)C3)c(NC(=O)Nc3cnccn3)s2)c1. The van der Waals surface area contributed by atoms with E-state index in [0.29, 0.717) is 48.9 Å². The number of urea groups is 1. The number of rotatable bonds is 12. The third kappa shape index (κ3) is 10.7. The van der Waals surface area contributed by atoms with Crippen molar-refractivity contribution in [3.63, 3.8) is 0 Å². The normalized spacial score (nSPS) is 15.2. The van der Waals surface area contributed by atoms with Crippen LogP contribution in [0.1, 0.15) is 57.8 Å². The van der Waals surface area contributed by atoms with Gasteiger partial charge in [-0.1, -0.05) is 26.0 Å². The Morgan fingerprint density at radius 3 is 2.63 bits per heavy atom. The average Bonchev–Trinajstić information content (AvgIpc) is 3.43. The highest BCUT2D eigenvalue weighted by atomic mass is 32.1. The molecule has 1 unspecified atom stereocenters. The van der Waals surface area contributed by atoms with Crippen LogP contribution < -0.4 is 20.7 Å². The summed E-state index contributed by atoms with van der Waals surface area (Å²) in [4.78, 5) is 55.3. The van der Waals surface area contributed by atoms with Gasteiger partial charge in [0.05, 0.1) is 18.3 Å². The van der Waals surface area contributed by atoms with Gasteiger partial charge in [0.2, 0.25) is 0 Å². The van der Waals surface area contributed by atoms with Gasteiger partial charge in [0.15, 0.2) is 5.82 Å². The van der Waals surface area contributed by atoms with E-state index in [1.54, 1.807) is 26.8 Å². The van der Waals surface area contributed by atoms with Crippen molar-refractivity contribution in [2.75, 3.05) is 50.0 Å². The maximum absolute atomic E-state index is 13.7. The third-order valence-corrected chi connectivity index (χ3v) is 8.11. The van der Waals surface area contributed by atoms with Crippen molar-refractivity contribution < 1.29 is 28.7 Å². The largest absolute Gasteiger partial charge is 0.528 e. The summed E-state index contributed by atoms with van der Waals surface area (Å²) in [5.74, 6) is 0.615. The van der Waals surface area contributed by atoms with Crippen LogP contribution in [0, 0.1) is 0 Å². The lowest BCUT2D eigenvalue weighted by Crippen LogP contribution is -2.48. The molecule has 13 nitrogen and oxygen atoms in total. The Bertz CT molecular complexity index is 1460. The van der Waals surface area contributed by atoms with Crippen molar-refractivity contribution in [3.05, 3.63) is 54.5 Å². The van der Waals surface area contributed by atoms with Crippen LogP contribution >= 0.6 is 11.3 Å². The molecule has 1 saturated heterocycles. The second-order valence-electron chi connectivity index (χ2n) is 11.7. The molecule has 1 fully saturated rings. The summed E-state index contributed by atoms with van der Waals surface area (Å²) in [6.45, 7) is 13.6. The van der Waals surface area contributed by atoms with Crippen LogP contribution in [0.15, 0.2) is 48.9 Å². The highest BCUT2D eigenvalue weighted by molar-refractivity contribution is 7.20. The Morgan fingerprint density at radius 1 is 1.11 bits per heavy atom. The molecule has 3 amide bonds. The lowest BCUT2D eigenvalue weighted by molar-refractivity contribution is -0.154. The number of amides is 3. The first-order chi connectivity index (χ1) is 22.0. The first-order valence-corrected chi connectivity index (χ1v) is 16.2. The Morgan fingerprint density at radius 2 is 1.91 bits per heavy atom. The molecule has 3 N–H and O–H groups in total. The van der Waals surface area contributed by atoms with E-state index in [2.05, 4.69) is 44.7 Å². The van der Waals surface area contributed by atoms with Crippen molar-refractivity contribution in [2.45, 2.75) is 59.1 Å². The zero-order chi connectivity index (χ0) is 33.1. The molecule has 1 aliphatic rings. The van der Waals surface area contributed by atoms with Crippen LogP contribution in [0.2, 0.25) is 0 Å². The Balaban J connectivity index is 1.50. The standard InChI is InChI=1S/C32H43N7O6S/c1-6-38(7-2)16-17-43-24-12-8-10-22(18-24)26-19-25(29(46-26)37-30(41)36-27-20-33-13-14-34-27)28(40)35-23-11-9-15-39(21-23)45-31(42)44-32(3,4)5/h8,10,12-14,18-20,23H,6-7,9,11,15-17,21H2,1-5H3,(H,35,40)(H2,34,36,37,41). The number of thiophene rings is 1. The zero-order valence-electron chi connectivity index (χ0n) is 27.0. The fourth-order valence-electron chi connectivity index (χ4n) is 4.76. The minimum Gasteiger partial charge on any atom is -0.492 e. The molecule has 0 radical (unpaired) electrons. The van der Waals surface area contributed by atoms with Crippen LogP contribution in [-0.2, 0) is 9.57 Å². The number of benzene rings is 1. The molecule has 1 aliphatic heterocycles. The quantitative estimate of drug-likeness (QED) is 0.210. The fourth-order valence-corrected chi connectivity index (χ4v) is 5.81. The van der Waals surface area contributed by atoms with Gasteiger partial charge in [-0.3, -0.25) is 20.4 Å². The monoisotopic (exact) mass is 653 g/mol. The first kappa shape index (κ1) is 34.6. The number of carbonyl (C=O) groups excluding carboxylic acids is 3. The minimum atomic E-state index is -0.790. The predicted octanol–water partition coefficient (Wildman–Crippen LogP) is 5.63. The molecule has 0 bridgehead atoms. The van der Waals surface area contributed by atoms with E-state index >= 15 is 0 Å². The molecule has 1 aromatic carbocycles. The number of hydroxylamine groups is 2. The maximum atomic E-state index is 13.7. The predicted molar refractivity (Wildman–Crippen MR) is 177 cm³/mol. The second-order valence-corrected chi connectivity index (χ2v) is 12.7. The Hall–Kier alpha value is -4.27. The van der Waals surface area contributed by atoms with Gasteiger partial charge < -0.3 is 24.5 Å². The number of anilines is 2. The van der Waals surface area contributed by atoms with Gasteiger partial charge in [-0.15, -0.1) is 16.4 Å². The van der Waals surface area contributed by atoms with Crippen molar-refractivity contribution in [3.8, 4) is 16.2 Å². The molecular formula is C32H43N7O6S. The minimum absolute atomic E-state index is 0.268. The van der Waals surface area contributed by atoms with Gasteiger partial charge in [0.25, 0.3) is 5.91 Å². The van der Waals surface area contributed by atoms with Gasteiger partial charge in [-0.2, -0.15) is 0 Å². The number of likely N-dealkylation sites (N-methyl/N-ethyl adjacent to an activating group) is 1. The smallest absolute Gasteiger partial charge is 0.492 e. The van der Waals surface area contributed by atoms with E-state index < -0.39 is 17.8 Å². The molecule has 14 heteroatoms. The van der Waals surface area contributed by atoms with E-state index in [1.807, 2.05) is 24.3 Å². The molecule has 248 valence electrons. The van der Waals surface area contributed by atoms with Crippen LogP contribution in [0.5, 0.6) is 5.75 Å². The molecular weight excluding hydrogens is 610 g/mol. The topological polar surface area (TPSA) is 147 Å². The number of aromatic nitrogens is 2. The Kier molecular flexibility index (Phi) is 12.3. The van der Waals surface area contributed by atoms with Crippen LogP contribution in [0.4, 0.5) is 20.4 Å². The van der Waals surface area contributed by atoms with Crippen LogP contribution in [0.3, 0.4) is 0 Å². The van der Waals surface area contributed by atoms with Crippen molar-refractivity contribution >= 4 is 40.2 Å². The summed E-state index contributed by atoms with van der Waals surface area (Å²) >= 11 is 1.27. The van der Waals surface area contributed by atoms with E-state index in [0.717, 1.165) is 30.1 Å². The Labute approximate surface area is 273 Å². The summed E-state index contributed by atoms with van der Waals surface area (Å²) < 4.78 is 11.3. The summed E-state index contributed by atoms with van der Waals surface area (Å²) in [5.41, 5.74) is 0.459. The molecule has 2 aromatic heterocycles. The molecule has 1 atom stereocenters. The van der Waals surface area contributed by atoms with Crippen LogP contribution in [0.25, 0.3) is 10.4 Å². The van der Waals surface area contributed by atoms with Gasteiger partial charge in [-0.25, -0.2) is 14.6 Å². The van der Waals surface area contributed by atoms with Crippen LogP contribution in [-0.4, -0.2) is 89.0 Å². The lowest BCUT2D eigenvalue weighted by Gasteiger charge is -2.32. The molecule has 4 rings (SSSR count). The first-order valence-electron chi connectivity index (χ1n) is 15.4. The number of hydrogen-bond donors (Lipinski definition) is 3. The van der Waals surface area contributed by atoms with Gasteiger partial charge >= 0.3 is 12.2 Å². The molecule has 0 saturated carbocycles. The number of nitrogens with zero attached hydrogens (tertiary/aromatic N) is 4. The molecule has 46 heavy (non-hydrogen) atoms. The summed E-state index contributed by atoms with van der Waals surface area (Å²) in [7, 11) is 0. The number of piperidine rings is 1. The van der Waals surface area contributed by atoms with Crippen molar-refractivity contribution in [1.82, 2.24) is 25.2 Å². The average molecular weight is 654 g/mol. The highest BCUT2D eigenvalue weighted by Crippen LogP contribution is 2.37. The van der Waals surface area contributed by atoms with E-state index in [4.69, 9.17) is 14.3 Å². The number of carbonyl (C=O) groups is 3. The summed E-state index contributed by atoms with van der Waals surface area (Å²) in [6, 6.07) is 8.55. The molecule has 3 heterocycles. The number of hydrogen-bond acceptors (Lipinski definition) is 11.